The second kappa shape index (κ2) is 10.6. The largest absolute Gasteiger partial charge is 0.349 e. The summed E-state index contributed by atoms with van der Waals surface area (Å²) in [6.07, 6.45) is 20.6. The van der Waals surface area contributed by atoms with Crippen LogP contribution in [-0.4, -0.2) is 13.1 Å². The second-order valence-corrected chi connectivity index (χ2v) is 15.7. The van der Waals surface area contributed by atoms with Gasteiger partial charge in [0.1, 0.15) is 5.54 Å². The molecule has 1 aromatic heterocycles. The summed E-state index contributed by atoms with van der Waals surface area (Å²) in [5.41, 5.74) is 6.15. The maximum Gasteiger partial charge on any atom is 0.122 e. The summed E-state index contributed by atoms with van der Waals surface area (Å²) in [5.74, 6) is 1.01. The van der Waals surface area contributed by atoms with Crippen LogP contribution in [-0.2, 0) is 5.54 Å². The predicted molar refractivity (Wildman–Crippen MR) is 116 cm³/mol. The third kappa shape index (κ3) is 7.92. The summed E-state index contributed by atoms with van der Waals surface area (Å²) in [5, 5.41) is 0. The first-order chi connectivity index (χ1) is 12.4. The lowest BCUT2D eigenvalue weighted by atomic mass is 9.81. The average molecular weight is 376 g/mol. The van der Waals surface area contributed by atoms with E-state index in [1.807, 2.05) is 6.20 Å². The van der Waals surface area contributed by atoms with Crippen molar-refractivity contribution >= 4 is 8.07 Å². The summed E-state index contributed by atoms with van der Waals surface area (Å²) in [6.45, 7) is 7.45. The van der Waals surface area contributed by atoms with Crippen molar-refractivity contribution in [1.82, 2.24) is 4.98 Å². The smallest absolute Gasteiger partial charge is 0.122 e. The van der Waals surface area contributed by atoms with Crippen LogP contribution in [0.4, 0.5) is 0 Å². The van der Waals surface area contributed by atoms with Gasteiger partial charge in [-0.15, -0.1) is 0 Å². The van der Waals surface area contributed by atoms with Crippen LogP contribution < -0.4 is 5.73 Å². The maximum atomic E-state index is 4.73. The molecule has 1 aromatic rings. The Hall–Kier alpha value is -0.673. The van der Waals surface area contributed by atoms with Crippen molar-refractivity contribution in [1.29, 1.82) is 0 Å². The Kier molecular flexibility index (Phi) is 8.82. The van der Waals surface area contributed by atoms with E-state index in [9.17, 15) is 0 Å². The van der Waals surface area contributed by atoms with E-state index in [0.717, 1.165) is 5.92 Å². The van der Waals surface area contributed by atoms with Gasteiger partial charge in [-0.05, 0) is 30.9 Å². The van der Waals surface area contributed by atoms with Crippen molar-refractivity contribution in [3.8, 4) is 0 Å². The van der Waals surface area contributed by atoms with Crippen LogP contribution in [0.15, 0.2) is 24.5 Å². The predicted octanol–water partition coefficient (Wildman–Crippen LogP) is 6.17. The molecule has 148 valence electrons. The fourth-order valence-electron chi connectivity index (χ4n) is 4.58. The first-order valence-corrected chi connectivity index (χ1v) is 14.9. The molecule has 1 aliphatic rings. The van der Waals surface area contributed by atoms with Crippen molar-refractivity contribution < 1.29 is 5.73 Å². The molecule has 26 heavy (non-hydrogen) atoms. The minimum Gasteiger partial charge on any atom is -0.349 e. The number of nitrogens with zero attached hydrogens (tertiary/aromatic N) is 1. The van der Waals surface area contributed by atoms with Crippen molar-refractivity contribution in [2.75, 3.05) is 0 Å². The molecule has 2 nitrogen and oxygen atoms in total. The minimum atomic E-state index is -0.916. The monoisotopic (exact) mass is 375 g/mol. The molecule has 0 aromatic carbocycles. The lowest BCUT2D eigenvalue weighted by molar-refractivity contribution is -0.492. The van der Waals surface area contributed by atoms with E-state index in [4.69, 9.17) is 5.73 Å². The molecule has 0 amide bonds. The van der Waals surface area contributed by atoms with Gasteiger partial charge in [0.05, 0.1) is 0 Å². The average Bonchev–Trinajstić information content (AvgIpc) is 2.63. The van der Waals surface area contributed by atoms with Crippen molar-refractivity contribution in [2.24, 2.45) is 5.92 Å². The lowest BCUT2D eigenvalue weighted by Gasteiger charge is -2.27. The number of rotatable bonds is 11. The summed E-state index contributed by atoms with van der Waals surface area (Å²) in [6, 6.07) is 5.77. The molecule has 1 unspecified atom stereocenters. The molecular formula is C23H43N2Si+. The van der Waals surface area contributed by atoms with Gasteiger partial charge < -0.3 is 5.73 Å². The minimum absolute atomic E-state index is 0.0697. The number of quaternary nitrogens is 1. The number of hydrogen-bond donors (Lipinski definition) is 1. The lowest BCUT2D eigenvalue weighted by Crippen LogP contribution is -2.69. The van der Waals surface area contributed by atoms with E-state index in [-0.39, 0.29) is 5.54 Å². The Morgan fingerprint density at radius 2 is 1.73 bits per heavy atom. The summed E-state index contributed by atoms with van der Waals surface area (Å²) >= 11 is 0. The van der Waals surface area contributed by atoms with Gasteiger partial charge in [-0.3, -0.25) is 4.98 Å². The number of hydrogen-bond acceptors (Lipinski definition) is 1. The van der Waals surface area contributed by atoms with Crippen LogP contribution in [0.3, 0.4) is 0 Å². The highest BCUT2D eigenvalue weighted by Crippen LogP contribution is 2.31. The summed E-state index contributed by atoms with van der Waals surface area (Å²) < 4.78 is 0. The molecule has 0 aliphatic heterocycles. The zero-order valence-corrected chi connectivity index (χ0v) is 18.7. The molecule has 1 heterocycles. The van der Waals surface area contributed by atoms with Crippen LogP contribution in [0.1, 0.15) is 82.6 Å². The molecule has 1 atom stereocenters. The Morgan fingerprint density at radius 3 is 2.35 bits per heavy atom. The van der Waals surface area contributed by atoms with Crippen LogP contribution in [0.25, 0.3) is 0 Å². The molecular weight excluding hydrogens is 332 g/mol. The fourth-order valence-corrected chi connectivity index (χ4v) is 5.89. The van der Waals surface area contributed by atoms with Gasteiger partial charge >= 0.3 is 0 Å². The van der Waals surface area contributed by atoms with E-state index >= 15 is 0 Å². The third-order valence-electron chi connectivity index (χ3n) is 6.35. The van der Waals surface area contributed by atoms with Gasteiger partial charge in [0.2, 0.25) is 0 Å². The standard InChI is InChI=1S/C23H42N2Si/c1-26(2,3)19-10-9-17-23(24,22-15-11-18-25-20-22)16-8-7-14-21-12-5-4-6-13-21/h11,15,18,20-21H,4-10,12-14,16-17,19,24H2,1-3H3/p+1. The van der Waals surface area contributed by atoms with Crippen molar-refractivity contribution in [3.63, 3.8) is 0 Å². The molecule has 2 rings (SSSR count). The molecule has 0 bridgehead atoms. The zero-order valence-electron chi connectivity index (χ0n) is 17.7. The maximum absolute atomic E-state index is 4.73. The molecule has 3 heteroatoms. The molecule has 1 saturated carbocycles. The topological polar surface area (TPSA) is 40.5 Å². The van der Waals surface area contributed by atoms with Crippen LogP contribution in [0.5, 0.6) is 0 Å². The Labute approximate surface area is 163 Å². The van der Waals surface area contributed by atoms with Crippen LogP contribution in [0.2, 0.25) is 25.7 Å². The Morgan fingerprint density at radius 1 is 1.04 bits per heavy atom. The van der Waals surface area contributed by atoms with Crippen molar-refractivity contribution in [2.45, 2.75) is 108 Å². The van der Waals surface area contributed by atoms with E-state index < -0.39 is 8.07 Å². The van der Waals surface area contributed by atoms with Gasteiger partial charge in [0.15, 0.2) is 0 Å². The van der Waals surface area contributed by atoms with E-state index in [1.165, 1.54) is 88.7 Å². The number of pyridine rings is 1. The van der Waals surface area contributed by atoms with E-state index in [2.05, 4.69) is 43.0 Å². The summed E-state index contributed by atoms with van der Waals surface area (Å²) in [4.78, 5) is 4.39. The van der Waals surface area contributed by atoms with Gasteiger partial charge in [-0.2, -0.15) is 0 Å². The highest BCUT2D eigenvalue weighted by atomic mass is 28.3. The first kappa shape index (κ1) is 21.6. The van der Waals surface area contributed by atoms with E-state index in [1.54, 1.807) is 0 Å². The van der Waals surface area contributed by atoms with Crippen molar-refractivity contribution in [3.05, 3.63) is 30.1 Å². The normalized spacial score (nSPS) is 18.6. The molecule has 3 N–H and O–H groups in total. The SMILES string of the molecule is C[Si](C)(C)CCCCC([NH3+])(CCCCC1CCCCC1)c1cccnc1. The summed E-state index contributed by atoms with van der Waals surface area (Å²) in [7, 11) is -0.916. The Balaban J connectivity index is 1.82. The quantitative estimate of drug-likeness (QED) is 0.365. The Bertz CT molecular complexity index is 491. The molecule has 0 radical (unpaired) electrons. The van der Waals surface area contributed by atoms with Crippen LogP contribution >= 0.6 is 0 Å². The van der Waals surface area contributed by atoms with Gasteiger partial charge in [0, 0.05) is 38.9 Å². The van der Waals surface area contributed by atoms with Gasteiger partial charge in [0.25, 0.3) is 0 Å². The fraction of sp³-hybridized carbons (Fsp3) is 0.783. The zero-order chi connectivity index (χ0) is 18.9. The molecule has 0 saturated heterocycles. The number of unbranched alkanes of at least 4 members (excludes halogenated alkanes) is 2. The van der Waals surface area contributed by atoms with Gasteiger partial charge in [-0.1, -0.05) is 77.1 Å². The second-order valence-electron chi connectivity index (χ2n) is 10.0. The molecule has 1 fully saturated rings. The molecule has 0 spiro atoms. The highest BCUT2D eigenvalue weighted by molar-refractivity contribution is 6.76. The number of aromatic nitrogens is 1. The third-order valence-corrected chi connectivity index (χ3v) is 8.20. The van der Waals surface area contributed by atoms with E-state index in [0.29, 0.717) is 0 Å². The first-order valence-electron chi connectivity index (χ1n) is 11.1. The van der Waals surface area contributed by atoms with Gasteiger partial charge in [-0.25, -0.2) is 0 Å². The molecule has 1 aliphatic carbocycles. The van der Waals surface area contributed by atoms with Crippen LogP contribution in [0, 0.1) is 5.92 Å². The highest BCUT2D eigenvalue weighted by Gasteiger charge is 2.31.